The second kappa shape index (κ2) is 45.7. The van der Waals surface area contributed by atoms with E-state index in [4.69, 9.17) is 0 Å². The topological polar surface area (TPSA) is 55.8 Å². The fourth-order valence-corrected chi connectivity index (χ4v) is 7.78. The van der Waals surface area contributed by atoms with Crippen LogP contribution in [0.3, 0.4) is 0 Å². The van der Waals surface area contributed by atoms with E-state index in [0.29, 0.717) is 6.42 Å². The van der Waals surface area contributed by atoms with Gasteiger partial charge in [-0.2, -0.15) is 5.06 Å². The summed E-state index contributed by atoms with van der Waals surface area (Å²) in [6.45, 7) is 12.7. The number of nitrogens with one attached hydrogen (secondary N) is 1. The van der Waals surface area contributed by atoms with Crippen molar-refractivity contribution in [3.63, 3.8) is 0 Å². The minimum atomic E-state index is 0.244. The molecule has 0 aromatic rings. The monoisotopic (exact) mass is 750 g/mol. The van der Waals surface area contributed by atoms with Crippen molar-refractivity contribution >= 4 is 5.91 Å². The Morgan fingerprint density at radius 3 is 0.943 bits per heavy atom. The molecule has 0 radical (unpaired) electrons. The zero-order valence-electron chi connectivity index (χ0n) is 36.9. The molecule has 0 aromatic heterocycles. The van der Waals surface area contributed by atoms with Gasteiger partial charge in [-0.15, -0.1) is 0 Å². The molecule has 0 aliphatic carbocycles. The molecule has 0 aliphatic heterocycles. The van der Waals surface area contributed by atoms with Gasteiger partial charge in [0.05, 0.1) is 0 Å². The number of nitrogens with zero attached hydrogens (tertiary/aromatic N) is 2. The molecule has 0 fully saturated rings. The van der Waals surface area contributed by atoms with Crippen molar-refractivity contribution in [3.05, 3.63) is 0 Å². The smallest absolute Gasteiger partial charge is 0.220 e. The Kier molecular flexibility index (Phi) is 45.2. The second-order valence-corrected chi connectivity index (χ2v) is 16.9. The minimum Gasteiger partial charge on any atom is -0.355 e. The van der Waals surface area contributed by atoms with Crippen LogP contribution in [0, 0.1) is 0 Å². The number of carbonyl (C=O) groups excluding carboxylic acids is 1. The Morgan fingerprint density at radius 1 is 0.358 bits per heavy atom. The van der Waals surface area contributed by atoms with Gasteiger partial charge in [0, 0.05) is 32.6 Å². The van der Waals surface area contributed by atoms with E-state index < -0.39 is 0 Å². The third-order valence-corrected chi connectivity index (χ3v) is 11.5. The molecule has 0 aromatic carbocycles. The van der Waals surface area contributed by atoms with E-state index in [9.17, 15) is 10.0 Å². The number of carbonyl (C=O) groups is 1. The number of hydrogen-bond donors (Lipinski definition) is 2. The molecular formula is C48H99N3O2. The zero-order chi connectivity index (χ0) is 38.6. The lowest BCUT2D eigenvalue weighted by atomic mass is 10.1. The molecule has 0 saturated carbocycles. The number of hydroxylamine groups is 2. The van der Waals surface area contributed by atoms with Crippen LogP contribution in [0.2, 0.25) is 0 Å². The summed E-state index contributed by atoms with van der Waals surface area (Å²) in [6, 6.07) is 0. The highest BCUT2D eigenvalue weighted by Gasteiger charge is 2.07. The standard InChI is InChI=1S/C48H99N3O2/c1-4-7-10-13-16-19-22-27-32-37-43-50(44-38-33-28-23-20-17-14-11-8-5-2)47-42-49-48(52)41-36-31-26-25-30-35-40-46-51(53)45-39-34-29-24-21-18-15-12-9-6-3/h53H,4-47H2,1-3H3,(H,49,52). The molecule has 5 nitrogen and oxygen atoms in total. The fraction of sp³-hybridized carbons (Fsp3) is 0.979. The van der Waals surface area contributed by atoms with Gasteiger partial charge in [-0.05, 0) is 45.2 Å². The predicted octanol–water partition coefficient (Wildman–Crippen LogP) is 15.0. The van der Waals surface area contributed by atoms with Crippen LogP contribution < -0.4 is 5.32 Å². The summed E-state index contributed by atoms with van der Waals surface area (Å²) in [5, 5.41) is 15.0. The van der Waals surface area contributed by atoms with Crippen LogP contribution in [0.15, 0.2) is 0 Å². The van der Waals surface area contributed by atoms with E-state index in [0.717, 1.165) is 51.9 Å². The summed E-state index contributed by atoms with van der Waals surface area (Å²) < 4.78 is 0. The molecule has 53 heavy (non-hydrogen) atoms. The van der Waals surface area contributed by atoms with E-state index >= 15 is 0 Å². The van der Waals surface area contributed by atoms with Crippen molar-refractivity contribution in [1.29, 1.82) is 0 Å². The Morgan fingerprint density at radius 2 is 0.623 bits per heavy atom. The van der Waals surface area contributed by atoms with E-state index in [1.165, 1.54) is 225 Å². The molecule has 2 N–H and O–H groups in total. The average Bonchev–Trinajstić information content (AvgIpc) is 3.16. The number of amides is 1. The molecule has 0 unspecified atom stereocenters. The van der Waals surface area contributed by atoms with Gasteiger partial charge in [-0.3, -0.25) is 4.79 Å². The Bertz CT molecular complexity index is 666. The summed E-state index contributed by atoms with van der Waals surface area (Å²) in [5.74, 6) is 0.244. The molecule has 318 valence electrons. The lowest BCUT2D eigenvalue weighted by Gasteiger charge is -2.22. The molecule has 0 aliphatic rings. The molecule has 0 atom stereocenters. The van der Waals surface area contributed by atoms with E-state index in [2.05, 4.69) is 31.0 Å². The van der Waals surface area contributed by atoms with Gasteiger partial charge >= 0.3 is 0 Å². The minimum absolute atomic E-state index is 0.244. The van der Waals surface area contributed by atoms with Crippen LogP contribution in [0.4, 0.5) is 0 Å². The zero-order valence-corrected chi connectivity index (χ0v) is 36.9. The first-order chi connectivity index (χ1) is 26.1. The molecule has 0 rings (SSSR count). The quantitative estimate of drug-likeness (QED) is 0.0481. The second-order valence-electron chi connectivity index (χ2n) is 16.9. The first-order valence-corrected chi connectivity index (χ1v) is 24.6. The lowest BCUT2D eigenvalue weighted by molar-refractivity contribution is -0.121. The maximum Gasteiger partial charge on any atom is 0.220 e. The normalized spacial score (nSPS) is 11.7. The summed E-state index contributed by atoms with van der Waals surface area (Å²) in [6.07, 6.45) is 50.0. The first-order valence-electron chi connectivity index (χ1n) is 24.6. The molecule has 0 heterocycles. The van der Waals surface area contributed by atoms with Crippen LogP contribution >= 0.6 is 0 Å². The lowest BCUT2D eigenvalue weighted by Crippen LogP contribution is -2.36. The SMILES string of the molecule is CCCCCCCCCCCCN(O)CCCCCCCCCC(=O)NCCN(CCCCCCCCCCCC)CCCCCCCCCCCC. The summed E-state index contributed by atoms with van der Waals surface area (Å²) in [7, 11) is 0. The van der Waals surface area contributed by atoms with Crippen molar-refractivity contribution in [2.75, 3.05) is 39.3 Å². The third-order valence-electron chi connectivity index (χ3n) is 11.5. The summed E-state index contributed by atoms with van der Waals surface area (Å²) >= 11 is 0. The van der Waals surface area contributed by atoms with Gasteiger partial charge in [0.1, 0.15) is 0 Å². The molecule has 0 saturated heterocycles. The number of hydrogen-bond acceptors (Lipinski definition) is 4. The van der Waals surface area contributed by atoms with Gasteiger partial charge in [0.2, 0.25) is 5.91 Å². The summed E-state index contributed by atoms with van der Waals surface area (Å²) in [5.41, 5.74) is 0. The van der Waals surface area contributed by atoms with E-state index in [1.807, 2.05) is 0 Å². The summed E-state index contributed by atoms with van der Waals surface area (Å²) in [4.78, 5) is 15.2. The van der Waals surface area contributed by atoms with Gasteiger partial charge in [-0.25, -0.2) is 0 Å². The van der Waals surface area contributed by atoms with Crippen LogP contribution in [0.1, 0.15) is 265 Å². The van der Waals surface area contributed by atoms with Gasteiger partial charge in [0.15, 0.2) is 0 Å². The maximum atomic E-state index is 12.6. The molecule has 0 spiro atoms. The highest BCUT2D eigenvalue weighted by molar-refractivity contribution is 5.75. The van der Waals surface area contributed by atoms with E-state index in [-0.39, 0.29) is 5.91 Å². The molecule has 0 bridgehead atoms. The van der Waals surface area contributed by atoms with Crippen LogP contribution in [-0.2, 0) is 4.79 Å². The maximum absolute atomic E-state index is 12.6. The van der Waals surface area contributed by atoms with Crippen molar-refractivity contribution in [2.24, 2.45) is 0 Å². The largest absolute Gasteiger partial charge is 0.355 e. The van der Waals surface area contributed by atoms with Gasteiger partial charge < -0.3 is 15.4 Å². The predicted molar refractivity (Wildman–Crippen MR) is 235 cm³/mol. The molecule has 1 amide bonds. The number of rotatable bonds is 46. The van der Waals surface area contributed by atoms with Gasteiger partial charge in [-0.1, -0.05) is 226 Å². The van der Waals surface area contributed by atoms with E-state index in [1.54, 1.807) is 5.06 Å². The fourth-order valence-electron chi connectivity index (χ4n) is 7.78. The van der Waals surface area contributed by atoms with Crippen LogP contribution in [0.5, 0.6) is 0 Å². The Labute approximate surface area is 334 Å². The van der Waals surface area contributed by atoms with Crippen LogP contribution in [-0.4, -0.2) is 60.3 Å². The number of unbranched alkanes of at least 4 members (excludes halogenated alkanes) is 33. The highest BCUT2D eigenvalue weighted by Crippen LogP contribution is 2.14. The van der Waals surface area contributed by atoms with Crippen molar-refractivity contribution in [1.82, 2.24) is 15.3 Å². The van der Waals surface area contributed by atoms with Gasteiger partial charge in [0.25, 0.3) is 0 Å². The van der Waals surface area contributed by atoms with Crippen molar-refractivity contribution < 1.29 is 10.0 Å². The Balaban J connectivity index is 3.90. The van der Waals surface area contributed by atoms with Crippen LogP contribution in [0.25, 0.3) is 0 Å². The van der Waals surface area contributed by atoms with Crippen molar-refractivity contribution in [2.45, 2.75) is 265 Å². The Hall–Kier alpha value is -0.650. The molecular weight excluding hydrogens is 651 g/mol. The highest BCUT2D eigenvalue weighted by atomic mass is 16.5. The molecule has 5 heteroatoms. The average molecular weight is 750 g/mol. The third kappa shape index (κ3) is 43.9. The van der Waals surface area contributed by atoms with Crippen molar-refractivity contribution in [3.8, 4) is 0 Å². The first kappa shape index (κ1) is 52.3.